The molecule has 15 heteroatoms. The Morgan fingerprint density at radius 3 is 2.21 bits per heavy atom. The Kier molecular flexibility index (Phi) is 13.4. The van der Waals surface area contributed by atoms with Crippen molar-refractivity contribution in [2.75, 3.05) is 6.61 Å². The predicted molar refractivity (Wildman–Crippen MR) is 264 cm³/mol. The van der Waals surface area contributed by atoms with Crippen LogP contribution in [0.4, 0.5) is 0 Å². The highest BCUT2D eigenvalue weighted by molar-refractivity contribution is 5.96. The Balaban J connectivity index is 0.994. The molecule has 386 valence electrons. The molecule has 13 atom stereocenters. The number of carbonyl (C=O) groups is 4. The van der Waals surface area contributed by atoms with Crippen molar-refractivity contribution < 1.29 is 57.9 Å². The summed E-state index contributed by atoms with van der Waals surface area (Å²) in [6.45, 7) is 13.2. The van der Waals surface area contributed by atoms with Crippen LogP contribution in [-0.2, 0) is 60.0 Å². The molecule has 0 radical (unpaired) electrons. The van der Waals surface area contributed by atoms with Gasteiger partial charge in [0.2, 0.25) is 17.6 Å². The molecule has 4 aliphatic heterocycles. The summed E-state index contributed by atoms with van der Waals surface area (Å²) in [4.78, 5) is 64.2. The first-order chi connectivity index (χ1) is 34.2. The number of hydroxylamine groups is 2. The first-order valence-corrected chi connectivity index (χ1v) is 25.9. The molecule has 3 aromatic carbocycles. The highest BCUT2D eigenvalue weighted by atomic mass is 16.8. The second-order valence-electron chi connectivity index (χ2n) is 23.3. The molecule has 4 heterocycles. The summed E-state index contributed by atoms with van der Waals surface area (Å²) in [5.41, 5.74) is 2.36. The number of epoxide rings is 1. The Bertz CT molecular complexity index is 2520. The van der Waals surface area contributed by atoms with Gasteiger partial charge in [-0.05, 0) is 102 Å². The first-order valence-electron chi connectivity index (χ1n) is 25.9. The lowest BCUT2D eigenvalue weighted by Crippen LogP contribution is -2.71. The molecule has 13 unspecified atom stereocenters. The van der Waals surface area contributed by atoms with E-state index in [4.69, 9.17) is 28.5 Å². The number of aliphatic hydroxyl groups excluding tert-OH is 2. The third-order valence-electron chi connectivity index (χ3n) is 16.7. The summed E-state index contributed by atoms with van der Waals surface area (Å²) in [5, 5.41) is 28.6. The number of aliphatic hydroxyl groups is 2. The number of amides is 2. The molecule has 3 aliphatic carbocycles. The Labute approximate surface area is 422 Å². The third kappa shape index (κ3) is 9.21. The lowest BCUT2D eigenvalue weighted by molar-refractivity contribution is -0.213. The molecule has 2 amide bonds. The predicted octanol–water partition coefficient (Wildman–Crippen LogP) is 6.41. The minimum absolute atomic E-state index is 0.0404. The molecule has 0 aromatic heterocycles. The van der Waals surface area contributed by atoms with Crippen LogP contribution in [0.1, 0.15) is 122 Å². The van der Waals surface area contributed by atoms with Crippen LogP contribution in [0.15, 0.2) is 90.5 Å². The number of nitrogens with zero attached hydrogens (tertiary/aromatic N) is 1. The maximum absolute atomic E-state index is 15.6. The van der Waals surface area contributed by atoms with Crippen LogP contribution in [0.3, 0.4) is 0 Å². The molecular weight excluding hydrogens is 919 g/mol. The summed E-state index contributed by atoms with van der Waals surface area (Å²) in [5.74, 6) is -3.21. The fraction of sp³-hybridized carbons (Fsp3) is 0.579. The van der Waals surface area contributed by atoms with Gasteiger partial charge in [-0.15, -0.1) is 0 Å². The maximum atomic E-state index is 15.6. The van der Waals surface area contributed by atoms with Gasteiger partial charge in [0.1, 0.15) is 41.5 Å². The minimum atomic E-state index is -1.72. The molecule has 15 nitrogen and oxygen atoms in total. The second-order valence-corrected chi connectivity index (χ2v) is 23.3. The lowest BCUT2D eigenvalue weighted by atomic mass is 9.52. The van der Waals surface area contributed by atoms with Crippen LogP contribution < -0.4 is 10.6 Å². The molecule has 3 aromatic rings. The number of hydrogen-bond acceptors (Lipinski definition) is 13. The molecule has 4 N–H and O–H groups in total. The van der Waals surface area contributed by atoms with E-state index in [2.05, 4.69) is 43.5 Å². The number of allylic oxidation sites excluding steroid dienone is 1. The van der Waals surface area contributed by atoms with Gasteiger partial charge in [0.05, 0.1) is 37.0 Å². The smallest absolute Gasteiger partial charge is 0.327 e. The van der Waals surface area contributed by atoms with Crippen LogP contribution in [0.5, 0.6) is 0 Å². The van der Waals surface area contributed by atoms with Crippen molar-refractivity contribution in [2.45, 2.75) is 178 Å². The van der Waals surface area contributed by atoms with Crippen molar-refractivity contribution in [3.63, 3.8) is 0 Å². The Morgan fingerprint density at radius 2 is 1.56 bits per heavy atom. The maximum Gasteiger partial charge on any atom is 0.327 e. The van der Waals surface area contributed by atoms with Crippen molar-refractivity contribution in [1.82, 2.24) is 15.7 Å². The van der Waals surface area contributed by atoms with E-state index in [0.29, 0.717) is 23.0 Å². The van der Waals surface area contributed by atoms with Gasteiger partial charge in [-0.1, -0.05) is 110 Å². The zero-order valence-electron chi connectivity index (χ0n) is 42.5. The molecule has 10 rings (SSSR count). The molecule has 2 bridgehead atoms. The van der Waals surface area contributed by atoms with E-state index in [-0.39, 0.29) is 42.9 Å². The van der Waals surface area contributed by atoms with E-state index in [1.165, 1.54) is 12.5 Å². The van der Waals surface area contributed by atoms with E-state index >= 15 is 4.79 Å². The van der Waals surface area contributed by atoms with Crippen LogP contribution in [0.25, 0.3) is 6.08 Å². The van der Waals surface area contributed by atoms with E-state index in [1.54, 1.807) is 25.8 Å². The van der Waals surface area contributed by atoms with Crippen LogP contribution >= 0.6 is 0 Å². The third-order valence-corrected chi connectivity index (χ3v) is 16.7. The highest BCUT2D eigenvalue weighted by Gasteiger charge is 2.77. The van der Waals surface area contributed by atoms with Crippen molar-refractivity contribution in [3.8, 4) is 0 Å². The van der Waals surface area contributed by atoms with Crippen LogP contribution in [-0.4, -0.2) is 112 Å². The molecule has 72 heavy (non-hydrogen) atoms. The van der Waals surface area contributed by atoms with Gasteiger partial charge in [-0.2, -0.15) is 5.06 Å². The summed E-state index contributed by atoms with van der Waals surface area (Å²) >= 11 is 0. The number of nitrogens with one attached hydrogen (secondary N) is 2. The van der Waals surface area contributed by atoms with Crippen LogP contribution in [0.2, 0.25) is 0 Å². The fourth-order valence-electron chi connectivity index (χ4n) is 12.9. The largest absolute Gasteiger partial charge is 0.460 e. The molecule has 4 saturated heterocycles. The first kappa shape index (κ1) is 50.5. The molecule has 0 spiro atoms. The Morgan fingerprint density at radius 1 is 0.889 bits per heavy atom. The number of hydrogen-bond donors (Lipinski definition) is 4. The number of benzene rings is 3. The second kappa shape index (κ2) is 19.0. The molecular formula is C57H71N3O12. The zero-order valence-corrected chi connectivity index (χ0v) is 42.5. The summed E-state index contributed by atoms with van der Waals surface area (Å²) in [6, 6.07) is 23.3. The van der Waals surface area contributed by atoms with E-state index in [9.17, 15) is 24.6 Å². The molecule has 7 aliphatic rings. The highest BCUT2D eigenvalue weighted by Crippen LogP contribution is 2.61. The number of rotatable bonds is 14. The summed E-state index contributed by atoms with van der Waals surface area (Å²) in [6.07, 6.45) is 2.20. The van der Waals surface area contributed by atoms with E-state index in [0.717, 1.165) is 43.2 Å². The average Bonchev–Trinajstić information content (AvgIpc) is 3.61. The zero-order chi connectivity index (χ0) is 51.0. The van der Waals surface area contributed by atoms with Crippen molar-refractivity contribution in [2.24, 2.45) is 22.7 Å². The summed E-state index contributed by atoms with van der Waals surface area (Å²) < 4.78 is 32.3. The van der Waals surface area contributed by atoms with Crippen molar-refractivity contribution >= 4 is 29.8 Å². The molecule has 3 saturated carbocycles. The van der Waals surface area contributed by atoms with E-state index in [1.807, 2.05) is 78.9 Å². The lowest BCUT2D eigenvalue weighted by Gasteiger charge is -2.53. The fourth-order valence-corrected chi connectivity index (χ4v) is 12.9. The number of fused-ring (bicyclic) bond motifs is 6. The SMILES string of the molecule is CC(O)C(NC(=O)C12CC3OC(=O)C1N(Cc1ccccc1C=C1CCC4OC4(C)CCC4C1CC4(C)C)OC2C1OC(c2ccccc2)(c2ccccc2)OC31)C(=O)NC(CO)CCC(=O)OC(C)(C)C. The summed E-state index contributed by atoms with van der Waals surface area (Å²) in [7, 11) is 0. The van der Waals surface area contributed by atoms with Gasteiger partial charge in [0, 0.05) is 24.0 Å². The number of carbonyl (C=O) groups excluding carboxylic acids is 4. The number of esters is 2. The van der Waals surface area contributed by atoms with Gasteiger partial charge in [0.15, 0.2) is 6.04 Å². The monoisotopic (exact) mass is 990 g/mol. The topological polar surface area (TPSA) is 195 Å². The number of ether oxygens (including phenoxy) is 5. The van der Waals surface area contributed by atoms with Crippen LogP contribution in [0, 0.1) is 22.7 Å². The quantitative estimate of drug-likeness (QED) is 0.102. The van der Waals surface area contributed by atoms with Gasteiger partial charge >= 0.3 is 11.9 Å². The standard InChI is InChI=1S/C57H71N3O12/c1-33(62)45(50(64)58-39(32-61)23-25-44(63)69-53(2,3)4)59-52(66)56-30-42-46-47(71-57(70-46,37-18-10-8-11-19-37)38-20-12-9-13-21-38)49(56)72-60(48(56)51(65)67-42)31-36-17-15-14-16-34(36)28-35-22-24-43-55(7,68-43)27-26-41-40(35)29-54(41,5)6/h8-21,28,33,39-43,45-49,61-62H,22-27,29-32H2,1-7H3,(H,58,64)(H,59,66). The molecule has 7 fully saturated rings. The van der Waals surface area contributed by atoms with Gasteiger partial charge in [0.25, 0.3) is 0 Å². The van der Waals surface area contributed by atoms with Gasteiger partial charge in [-0.3, -0.25) is 24.0 Å². The minimum Gasteiger partial charge on any atom is -0.460 e. The Hall–Kier alpha value is -5.00. The van der Waals surface area contributed by atoms with Crippen molar-refractivity contribution in [1.29, 1.82) is 0 Å². The van der Waals surface area contributed by atoms with E-state index < -0.39 is 95.8 Å². The van der Waals surface area contributed by atoms with Crippen molar-refractivity contribution in [3.05, 3.63) is 113 Å². The van der Waals surface area contributed by atoms with Gasteiger partial charge in [-0.25, -0.2) is 0 Å². The normalized spacial score (nSPS) is 33.7. The van der Waals surface area contributed by atoms with Gasteiger partial charge < -0.3 is 44.5 Å². The average molecular weight is 990 g/mol.